The number of likely N-dealkylation sites (tertiary alicyclic amines) is 1. The largest absolute Gasteiger partial charge is 0.458 e. The first-order valence-electron chi connectivity index (χ1n) is 13.3. The molecule has 1 saturated heterocycles. The van der Waals surface area contributed by atoms with E-state index in [1.54, 1.807) is 0 Å². The van der Waals surface area contributed by atoms with Crippen molar-refractivity contribution in [3.8, 4) is 0 Å². The smallest absolute Gasteiger partial charge is 0.338 e. The number of esters is 1. The van der Waals surface area contributed by atoms with Crippen LogP contribution in [-0.2, 0) is 4.74 Å². The Hall–Kier alpha value is -1.69. The number of nitrogens with zero attached hydrogens (tertiary/aromatic N) is 1. The number of hydrogen-bond donors (Lipinski definition) is 2. The van der Waals surface area contributed by atoms with Crippen molar-refractivity contribution >= 4 is 5.97 Å². The maximum absolute atomic E-state index is 13.4. The number of aliphatic hydroxyl groups excluding tert-OH is 2. The summed E-state index contributed by atoms with van der Waals surface area (Å²) in [5, 5.41) is 23.0. The van der Waals surface area contributed by atoms with Gasteiger partial charge < -0.3 is 14.9 Å². The second-order valence-electron chi connectivity index (χ2n) is 12.6. The molecule has 1 unspecified atom stereocenters. The van der Waals surface area contributed by atoms with Gasteiger partial charge in [0.25, 0.3) is 0 Å². The quantitative estimate of drug-likeness (QED) is 0.529. The lowest BCUT2D eigenvalue weighted by Crippen LogP contribution is -2.69. The minimum Gasteiger partial charge on any atom is -0.458 e. The number of hydrogen-bond acceptors (Lipinski definition) is 5. The molecular formula is C29H37NO4. The molecule has 1 aliphatic heterocycles. The third-order valence-electron chi connectivity index (χ3n) is 11.8. The van der Waals surface area contributed by atoms with Crippen LogP contribution < -0.4 is 0 Å². The fraction of sp³-hybridized carbons (Fsp3) is 0.690. The normalized spacial score (nSPS) is 52.5. The molecule has 6 aliphatic rings. The summed E-state index contributed by atoms with van der Waals surface area (Å²) in [6.07, 6.45) is 3.34. The van der Waals surface area contributed by atoms with Gasteiger partial charge in [0.1, 0.15) is 6.10 Å². The van der Waals surface area contributed by atoms with Crippen LogP contribution in [0.25, 0.3) is 0 Å². The molecule has 0 amide bonds. The van der Waals surface area contributed by atoms with Crippen LogP contribution in [0.5, 0.6) is 0 Å². The van der Waals surface area contributed by atoms with Gasteiger partial charge in [0.15, 0.2) is 0 Å². The predicted octanol–water partition coefficient (Wildman–Crippen LogP) is 3.66. The molecule has 0 radical (unpaired) electrons. The van der Waals surface area contributed by atoms with E-state index < -0.39 is 12.2 Å². The Morgan fingerprint density at radius 2 is 1.97 bits per heavy atom. The standard InChI is InChI=1S/C29H37NO4/c1-4-30-15-27(3)11-10-23(34-26(33)17-8-6-5-7-9-17)29-21(27)12-19(24(29)30)28-14-18(16(2)25(28)32)20(31)13-22(28)29/h5-9,18-25,31-32H,2,4,10-15H2,1,3H3/t18-,19-,20-,21+,22+,23-,24?,25+,27-,28-,29+/m0/s1. The number of piperidine rings is 1. The zero-order chi connectivity index (χ0) is 23.6. The van der Waals surface area contributed by atoms with Crippen molar-refractivity contribution in [3.05, 3.63) is 48.0 Å². The molecule has 7 rings (SSSR count). The molecule has 7 bridgehead atoms. The highest BCUT2D eigenvalue weighted by molar-refractivity contribution is 5.89. The minimum atomic E-state index is -0.567. The molecule has 34 heavy (non-hydrogen) atoms. The Morgan fingerprint density at radius 3 is 2.71 bits per heavy atom. The number of rotatable bonds is 3. The van der Waals surface area contributed by atoms with Crippen LogP contribution in [0.4, 0.5) is 0 Å². The fourth-order valence-corrected chi connectivity index (χ4v) is 10.9. The van der Waals surface area contributed by atoms with E-state index in [4.69, 9.17) is 4.74 Å². The van der Waals surface area contributed by atoms with E-state index in [0.717, 1.165) is 44.3 Å². The third kappa shape index (κ3) is 2.22. The van der Waals surface area contributed by atoms with Gasteiger partial charge in [-0.3, -0.25) is 4.90 Å². The van der Waals surface area contributed by atoms with Crippen molar-refractivity contribution in [1.29, 1.82) is 0 Å². The molecule has 11 atom stereocenters. The van der Waals surface area contributed by atoms with Gasteiger partial charge in [-0.2, -0.15) is 0 Å². The molecule has 1 heterocycles. The SMILES string of the molecule is C=C1[C@@H](O)[C@]23C[C@@H]1[C@@H](O)C[C@H]2[C@]12C4[C@@H]3C[C@@H]1[C@@](C)(CC[C@@H]2OC(=O)c1ccccc1)CN4CC. The summed E-state index contributed by atoms with van der Waals surface area (Å²) in [7, 11) is 0. The first-order valence-corrected chi connectivity index (χ1v) is 13.3. The van der Waals surface area contributed by atoms with Crippen molar-refractivity contribution in [2.24, 2.45) is 39.9 Å². The van der Waals surface area contributed by atoms with Crippen LogP contribution in [0.3, 0.4) is 0 Å². The van der Waals surface area contributed by atoms with E-state index >= 15 is 0 Å². The molecule has 0 aromatic heterocycles. The summed E-state index contributed by atoms with van der Waals surface area (Å²) in [6.45, 7) is 11.0. The van der Waals surface area contributed by atoms with Crippen molar-refractivity contribution < 1.29 is 19.7 Å². The molecule has 2 spiro atoms. The summed E-state index contributed by atoms with van der Waals surface area (Å²) in [5.74, 6) is 0.735. The van der Waals surface area contributed by atoms with E-state index in [2.05, 4.69) is 25.3 Å². The monoisotopic (exact) mass is 463 g/mol. The zero-order valence-electron chi connectivity index (χ0n) is 20.3. The first-order chi connectivity index (χ1) is 16.3. The maximum atomic E-state index is 13.4. The molecule has 5 heteroatoms. The fourth-order valence-electron chi connectivity index (χ4n) is 10.9. The number of benzene rings is 1. The minimum absolute atomic E-state index is 0.00257. The lowest BCUT2D eigenvalue weighted by atomic mass is 9.43. The van der Waals surface area contributed by atoms with Gasteiger partial charge in [0.05, 0.1) is 17.8 Å². The van der Waals surface area contributed by atoms with Crippen LogP contribution in [-0.4, -0.2) is 58.5 Å². The number of fused-ring (bicyclic) bond motifs is 1. The zero-order valence-corrected chi connectivity index (χ0v) is 20.3. The average Bonchev–Trinajstić information content (AvgIpc) is 3.36. The van der Waals surface area contributed by atoms with Crippen LogP contribution >= 0.6 is 0 Å². The van der Waals surface area contributed by atoms with Crippen molar-refractivity contribution in [2.75, 3.05) is 13.1 Å². The van der Waals surface area contributed by atoms with Gasteiger partial charge in [0, 0.05) is 29.3 Å². The Labute approximate surface area is 202 Å². The van der Waals surface area contributed by atoms with Crippen molar-refractivity contribution in [1.82, 2.24) is 4.90 Å². The number of carbonyl (C=O) groups excluding carboxylic acids is 1. The van der Waals surface area contributed by atoms with Crippen molar-refractivity contribution in [2.45, 2.75) is 70.3 Å². The Morgan fingerprint density at radius 1 is 1.21 bits per heavy atom. The van der Waals surface area contributed by atoms with Crippen molar-refractivity contribution in [3.63, 3.8) is 0 Å². The second-order valence-corrected chi connectivity index (χ2v) is 12.6. The van der Waals surface area contributed by atoms with E-state index in [1.807, 2.05) is 30.3 Å². The number of aliphatic hydroxyl groups is 2. The summed E-state index contributed by atoms with van der Waals surface area (Å²) in [5.41, 5.74) is 1.17. The topological polar surface area (TPSA) is 70.0 Å². The van der Waals surface area contributed by atoms with Gasteiger partial charge in [0.2, 0.25) is 0 Å². The van der Waals surface area contributed by atoms with E-state index in [-0.39, 0.29) is 40.2 Å². The highest BCUT2D eigenvalue weighted by atomic mass is 16.5. The molecule has 5 nitrogen and oxygen atoms in total. The Kier molecular flexibility index (Phi) is 4.28. The van der Waals surface area contributed by atoms with E-state index in [0.29, 0.717) is 29.9 Å². The Balaban J connectivity index is 1.39. The van der Waals surface area contributed by atoms with Gasteiger partial charge in [-0.05, 0) is 79.5 Å². The molecule has 5 aliphatic carbocycles. The van der Waals surface area contributed by atoms with Crippen LogP contribution in [0.1, 0.15) is 56.3 Å². The van der Waals surface area contributed by atoms with Gasteiger partial charge >= 0.3 is 5.97 Å². The Bertz CT molecular complexity index is 1060. The van der Waals surface area contributed by atoms with Crippen LogP contribution in [0.2, 0.25) is 0 Å². The molecule has 5 saturated carbocycles. The first kappa shape index (κ1) is 21.6. The molecular weight excluding hydrogens is 426 g/mol. The van der Waals surface area contributed by atoms with Crippen LogP contribution in [0, 0.1) is 39.9 Å². The highest BCUT2D eigenvalue weighted by Crippen LogP contribution is 2.83. The lowest BCUT2D eigenvalue weighted by Gasteiger charge is -2.65. The summed E-state index contributed by atoms with van der Waals surface area (Å²) in [6, 6.07) is 9.64. The van der Waals surface area contributed by atoms with Crippen LogP contribution in [0.15, 0.2) is 42.5 Å². The molecule has 1 aromatic carbocycles. The number of ether oxygens (including phenoxy) is 1. The second kappa shape index (κ2) is 6.74. The van der Waals surface area contributed by atoms with Gasteiger partial charge in [-0.25, -0.2) is 4.79 Å². The van der Waals surface area contributed by atoms with Gasteiger partial charge in [-0.15, -0.1) is 0 Å². The molecule has 6 fully saturated rings. The third-order valence-corrected chi connectivity index (χ3v) is 11.8. The molecule has 182 valence electrons. The average molecular weight is 464 g/mol. The summed E-state index contributed by atoms with van der Waals surface area (Å²) < 4.78 is 6.50. The van der Waals surface area contributed by atoms with E-state index in [9.17, 15) is 15.0 Å². The van der Waals surface area contributed by atoms with Gasteiger partial charge in [-0.1, -0.05) is 38.6 Å². The maximum Gasteiger partial charge on any atom is 0.338 e. The molecule has 2 N–H and O–H groups in total. The molecule has 1 aromatic rings. The number of carbonyl (C=O) groups is 1. The predicted molar refractivity (Wildman–Crippen MR) is 128 cm³/mol. The van der Waals surface area contributed by atoms with E-state index in [1.165, 1.54) is 0 Å². The summed E-state index contributed by atoms with van der Waals surface area (Å²) >= 11 is 0. The lowest BCUT2D eigenvalue weighted by molar-refractivity contribution is -0.218. The summed E-state index contributed by atoms with van der Waals surface area (Å²) in [4.78, 5) is 16.0. The highest BCUT2D eigenvalue weighted by Gasteiger charge is 2.85.